The fraction of sp³-hybridized carbons (Fsp3) is 0.600. The van der Waals surface area contributed by atoms with Crippen LogP contribution in [0, 0.1) is 5.92 Å². The summed E-state index contributed by atoms with van der Waals surface area (Å²) < 4.78 is 4.62. The first-order valence-corrected chi connectivity index (χ1v) is 5.83. The van der Waals surface area contributed by atoms with Gasteiger partial charge < -0.3 is 10.1 Å². The molecule has 15 heavy (non-hydrogen) atoms. The van der Waals surface area contributed by atoms with E-state index >= 15 is 0 Å². The minimum atomic E-state index is -0.317. The molecule has 1 aliphatic rings. The smallest absolute Gasteiger partial charge is 0.349 e. The van der Waals surface area contributed by atoms with Crippen LogP contribution in [-0.4, -0.2) is 24.1 Å². The summed E-state index contributed by atoms with van der Waals surface area (Å²) in [4.78, 5) is 15.9. The zero-order valence-corrected chi connectivity index (χ0v) is 9.63. The number of aromatic nitrogens is 1. The fourth-order valence-electron chi connectivity index (χ4n) is 1.58. The van der Waals surface area contributed by atoms with Crippen LogP contribution in [0.5, 0.6) is 0 Å². The fourth-order valence-corrected chi connectivity index (χ4v) is 2.37. The van der Waals surface area contributed by atoms with Crippen molar-refractivity contribution in [1.82, 2.24) is 4.98 Å². The third kappa shape index (κ3) is 2.12. The second-order valence-corrected chi connectivity index (χ2v) is 4.86. The predicted octanol–water partition coefficient (Wildman–Crippen LogP) is 2.14. The zero-order chi connectivity index (χ0) is 10.8. The van der Waals surface area contributed by atoms with Crippen molar-refractivity contribution in [1.29, 1.82) is 0 Å². The number of carbonyl (C=O) groups excluding carboxylic acids is 1. The van der Waals surface area contributed by atoms with Gasteiger partial charge in [-0.15, -0.1) is 0 Å². The molecule has 1 fully saturated rings. The van der Waals surface area contributed by atoms with Crippen LogP contribution in [-0.2, 0) is 4.74 Å². The minimum Gasteiger partial charge on any atom is -0.465 e. The highest BCUT2D eigenvalue weighted by molar-refractivity contribution is 7.17. The van der Waals surface area contributed by atoms with Crippen LogP contribution < -0.4 is 5.32 Å². The van der Waals surface area contributed by atoms with Gasteiger partial charge in [0, 0.05) is 6.04 Å². The van der Waals surface area contributed by atoms with Gasteiger partial charge in [-0.25, -0.2) is 9.78 Å². The molecule has 1 aliphatic carbocycles. The number of nitrogens with one attached hydrogen (secondary N) is 1. The molecular formula is C10H14N2O2S. The Bertz CT molecular complexity index is 364. The van der Waals surface area contributed by atoms with Crippen molar-refractivity contribution in [3.8, 4) is 0 Å². The number of hydrogen-bond donors (Lipinski definition) is 1. The lowest BCUT2D eigenvalue weighted by molar-refractivity contribution is 0.0606. The van der Waals surface area contributed by atoms with Gasteiger partial charge in [-0.05, 0) is 18.8 Å². The molecular weight excluding hydrogens is 212 g/mol. The highest BCUT2D eigenvalue weighted by Gasteiger charge is 2.27. The van der Waals surface area contributed by atoms with Gasteiger partial charge in [-0.3, -0.25) is 0 Å². The van der Waals surface area contributed by atoms with Crippen LogP contribution >= 0.6 is 11.3 Å². The van der Waals surface area contributed by atoms with E-state index in [0.29, 0.717) is 16.8 Å². The third-order valence-corrected chi connectivity index (χ3v) is 3.73. The van der Waals surface area contributed by atoms with E-state index in [2.05, 4.69) is 22.0 Å². The highest BCUT2D eigenvalue weighted by Crippen LogP contribution is 2.31. The lowest BCUT2D eigenvalue weighted by Crippen LogP contribution is -2.36. The molecule has 2 unspecified atom stereocenters. The lowest BCUT2D eigenvalue weighted by Gasteiger charge is -2.34. The van der Waals surface area contributed by atoms with Crippen LogP contribution in [0.25, 0.3) is 0 Å². The van der Waals surface area contributed by atoms with Crippen LogP contribution in [0.4, 0.5) is 5.13 Å². The maximum atomic E-state index is 11.2. The summed E-state index contributed by atoms with van der Waals surface area (Å²) in [6.45, 7) is 2.22. The van der Waals surface area contributed by atoms with E-state index in [4.69, 9.17) is 0 Å². The Balaban J connectivity index is 1.98. The average molecular weight is 226 g/mol. The maximum Gasteiger partial charge on any atom is 0.349 e. The number of nitrogens with zero attached hydrogens (tertiary/aromatic N) is 1. The van der Waals surface area contributed by atoms with Gasteiger partial charge in [-0.2, -0.15) is 0 Å². The van der Waals surface area contributed by atoms with Crippen molar-refractivity contribution in [2.24, 2.45) is 5.92 Å². The molecule has 5 heteroatoms. The molecule has 1 aromatic rings. The van der Waals surface area contributed by atoms with Crippen molar-refractivity contribution < 1.29 is 9.53 Å². The largest absolute Gasteiger partial charge is 0.465 e. The Kier molecular flexibility index (Phi) is 2.90. The van der Waals surface area contributed by atoms with Crippen molar-refractivity contribution >= 4 is 22.4 Å². The lowest BCUT2D eigenvalue weighted by atomic mass is 9.81. The van der Waals surface area contributed by atoms with E-state index in [1.165, 1.54) is 31.3 Å². The molecule has 1 heterocycles. The Labute approximate surface area is 92.7 Å². The molecule has 0 saturated heterocycles. The monoisotopic (exact) mass is 226 g/mol. The Morgan fingerprint density at radius 1 is 1.67 bits per heavy atom. The second-order valence-electron chi connectivity index (χ2n) is 3.83. The molecule has 0 aliphatic heterocycles. The van der Waals surface area contributed by atoms with Gasteiger partial charge in [0.2, 0.25) is 0 Å². The maximum absolute atomic E-state index is 11.2. The molecule has 1 saturated carbocycles. The van der Waals surface area contributed by atoms with Crippen LogP contribution in [0.1, 0.15) is 29.4 Å². The van der Waals surface area contributed by atoms with Gasteiger partial charge in [0.15, 0.2) is 5.13 Å². The quantitative estimate of drug-likeness (QED) is 0.802. The Morgan fingerprint density at radius 2 is 2.47 bits per heavy atom. The van der Waals surface area contributed by atoms with Crippen molar-refractivity contribution in [2.45, 2.75) is 25.8 Å². The van der Waals surface area contributed by atoms with Gasteiger partial charge in [0.05, 0.1) is 13.3 Å². The number of ether oxygens (including phenoxy) is 1. The second kappa shape index (κ2) is 4.18. The molecule has 0 amide bonds. The van der Waals surface area contributed by atoms with E-state index in [1.54, 1.807) is 6.20 Å². The summed E-state index contributed by atoms with van der Waals surface area (Å²) in [6, 6.07) is 0.515. The summed E-state index contributed by atoms with van der Waals surface area (Å²) in [7, 11) is 1.38. The standard InChI is InChI=1S/C10H14N2O2S/c1-6-3-4-7(6)12-10-11-5-8(15-10)9(13)14-2/h5-7H,3-4H2,1-2H3,(H,11,12). The molecule has 2 rings (SSSR count). The number of methoxy groups -OCH3 is 1. The summed E-state index contributed by atoms with van der Waals surface area (Å²) in [5.74, 6) is 0.387. The van der Waals surface area contributed by atoms with Crippen LogP contribution in [0.3, 0.4) is 0 Å². The predicted molar refractivity (Wildman–Crippen MR) is 59.3 cm³/mol. The Hall–Kier alpha value is -1.10. The molecule has 2 atom stereocenters. The van der Waals surface area contributed by atoms with E-state index < -0.39 is 0 Å². The zero-order valence-electron chi connectivity index (χ0n) is 8.82. The molecule has 0 radical (unpaired) electrons. The molecule has 0 aromatic carbocycles. The number of hydrogen-bond acceptors (Lipinski definition) is 5. The number of esters is 1. The number of thiazole rings is 1. The topological polar surface area (TPSA) is 51.2 Å². The van der Waals surface area contributed by atoms with Gasteiger partial charge in [0.25, 0.3) is 0 Å². The normalized spacial score (nSPS) is 24.4. The molecule has 82 valence electrons. The molecule has 0 bridgehead atoms. The minimum absolute atomic E-state index is 0.317. The van der Waals surface area contributed by atoms with Crippen LogP contribution in [0.15, 0.2) is 6.20 Å². The van der Waals surface area contributed by atoms with Gasteiger partial charge in [-0.1, -0.05) is 18.3 Å². The van der Waals surface area contributed by atoms with E-state index in [0.717, 1.165) is 5.13 Å². The summed E-state index contributed by atoms with van der Waals surface area (Å²) in [5, 5.41) is 4.14. The first-order chi connectivity index (χ1) is 7.20. The SMILES string of the molecule is COC(=O)c1cnc(NC2CCC2C)s1. The highest BCUT2D eigenvalue weighted by atomic mass is 32.1. The number of anilines is 1. The summed E-state index contributed by atoms with van der Waals surface area (Å²) >= 11 is 1.35. The first-order valence-electron chi connectivity index (χ1n) is 5.01. The number of rotatable bonds is 3. The molecule has 1 N–H and O–H groups in total. The number of carbonyl (C=O) groups is 1. The van der Waals surface area contributed by atoms with E-state index in [-0.39, 0.29) is 5.97 Å². The average Bonchev–Trinajstić information content (AvgIpc) is 2.71. The van der Waals surface area contributed by atoms with E-state index in [9.17, 15) is 4.79 Å². The van der Waals surface area contributed by atoms with Crippen LogP contribution in [0.2, 0.25) is 0 Å². The molecule has 0 spiro atoms. The summed E-state index contributed by atoms with van der Waals surface area (Å²) in [6.07, 6.45) is 4.02. The van der Waals surface area contributed by atoms with Crippen molar-refractivity contribution in [3.63, 3.8) is 0 Å². The first kappa shape index (κ1) is 10.4. The van der Waals surface area contributed by atoms with Gasteiger partial charge >= 0.3 is 5.97 Å². The van der Waals surface area contributed by atoms with E-state index in [1.807, 2.05) is 0 Å². The Morgan fingerprint density at radius 3 is 3.00 bits per heavy atom. The molecule has 1 aromatic heterocycles. The summed E-state index contributed by atoms with van der Waals surface area (Å²) in [5.41, 5.74) is 0. The third-order valence-electron chi connectivity index (χ3n) is 2.82. The van der Waals surface area contributed by atoms with Crippen molar-refractivity contribution in [3.05, 3.63) is 11.1 Å². The van der Waals surface area contributed by atoms with Crippen molar-refractivity contribution in [2.75, 3.05) is 12.4 Å². The van der Waals surface area contributed by atoms with Gasteiger partial charge in [0.1, 0.15) is 4.88 Å². The molecule has 4 nitrogen and oxygen atoms in total.